The summed E-state index contributed by atoms with van der Waals surface area (Å²) < 4.78 is 0. The van der Waals surface area contributed by atoms with Gasteiger partial charge in [-0.2, -0.15) is 0 Å². The van der Waals surface area contributed by atoms with E-state index in [0.29, 0.717) is 12.4 Å². The number of nitrogens with one attached hydrogen (secondary N) is 2. The lowest BCUT2D eigenvalue weighted by Crippen LogP contribution is -2.16. The Balaban J connectivity index is 2.10. The molecule has 0 saturated carbocycles. The summed E-state index contributed by atoms with van der Waals surface area (Å²) in [5.74, 6) is 0.344. The van der Waals surface area contributed by atoms with Gasteiger partial charge in [-0.3, -0.25) is 14.8 Å². The number of nitrogen functional groups attached to an aromatic ring is 1. The van der Waals surface area contributed by atoms with Crippen molar-refractivity contribution in [3.05, 3.63) is 40.5 Å². The van der Waals surface area contributed by atoms with Crippen LogP contribution in [0.25, 0.3) is 0 Å². The van der Waals surface area contributed by atoms with E-state index < -0.39 is 0 Å². The average molecular weight is 232 g/mol. The summed E-state index contributed by atoms with van der Waals surface area (Å²) in [6, 6.07) is 0. The molecule has 0 atom stereocenters. The molecule has 88 valence electrons. The first-order valence-electron chi connectivity index (χ1n) is 5.01. The summed E-state index contributed by atoms with van der Waals surface area (Å²) in [5, 5.41) is 2.93. The largest absolute Gasteiger partial charge is 0.391 e. The molecule has 0 aromatic carbocycles. The Hall–Kier alpha value is -2.44. The highest BCUT2D eigenvalue weighted by Gasteiger charge is 2.04. The number of aromatic amines is 1. The van der Waals surface area contributed by atoms with Crippen LogP contribution >= 0.6 is 0 Å². The predicted molar refractivity (Wildman–Crippen MR) is 63.4 cm³/mol. The Morgan fingerprint density at radius 3 is 2.88 bits per heavy atom. The van der Waals surface area contributed by atoms with Crippen LogP contribution in [0.1, 0.15) is 11.4 Å². The molecule has 0 bridgehead atoms. The zero-order valence-electron chi connectivity index (χ0n) is 9.27. The van der Waals surface area contributed by atoms with Gasteiger partial charge >= 0.3 is 0 Å². The van der Waals surface area contributed by atoms with E-state index in [1.165, 1.54) is 6.33 Å². The minimum atomic E-state index is -0.363. The highest BCUT2D eigenvalue weighted by atomic mass is 16.1. The van der Waals surface area contributed by atoms with Gasteiger partial charge in [0.05, 0.1) is 30.5 Å². The second-order valence-corrected chi connectivity index (χ2v) is 3.50. The van der Waals surface area contributed by atoms with Gasteiger partial charge in [-0.15, -0.1) is 0 Å². The smallest absolute Gasteiger partial charge is 0.276 e. The molecular weight excluding hydrogens is 220 g/mol. The van der Waals surface area contributed by atoms with Gasteiger partial charge in [0.1, 0.15) is 5.69 Å². The Kier molecular flexibility index (Phi) is 2.99. The van der Waals surface area contributed by atoms with Crippen LogP contribution in [-0.4, -0.2) is 19.9 Å². The van der Waals surface area contributed by atoms with Crippen LogP contribution < -0.4 is 16.6 Å². The fourth-order valence-corrected chi connectivity index (χ4v) is 1.24. The maximum atomic E-state index is 11.2. The van der Waals surface area contributed by atoms with Crippen molar-refractivity contribution in [3.8, 4) is 0 Å². The molecule has 0 spiro atoms. The van der Waals surface area contributed by atoms with E-state index in [9.17, 15) is 4.79 Å². The van der Waals surface area contributed by atoms with Crippen molar-refractivity contribution >= 4 is 11.5 Å². The average Bonchev–Trinajstić information content (AvgIpc) is 2.33. The van der Waals surface area contributed by atoms with E-state index >= 15 is 0 Å². The van der Waals surface area contributed by atoms with Gasteiger partial charge in [0.2, 0.25) is 0 Å². The quantitative estimate of drug-likeness (QED) is 0.690. The maximum Gasteiger partial charge on any atom is 0.276 e. The lowest BCUT2D eigenvalue weighted by Gasteiger charge is -2.06. The van der Waals surface area contributed by atoms with Gasteiger partial charge in [0, 0.05) is 6.20 Å². The number of hydrogen-bond donors (Lipinski definition) is 3. The molecule has 17 heavy (non-hydrogen) atoms. The summed E-state index contributed by atoms with van der Waals surface area (Å²) >= 11 is 0. The molecule has 0 unspecified atom stereocenters. The van der Waals surface area contributed by atoms with Crippen LogP contribution in [-0.2, 0) is 6.54 Å². The van der Waals surface area contributed by atoms with Gasteiger partial charge in [-0.05, 0) is 6.92 Å². The highest BCUT2D eigenvalue weighted by Crippen LogP contribution is 2.08. The zero-order chi connectivity index (χ0) is 12.3. The molecule has 2 heterocycles. The lowest BCUT2D eigenvalue weighted by atomic mass is 10.4. The van der Waals surface area contributed by atoms with Gasteiger partial charge in [-0.25, -0.2) is 4.98 Å². The van der Waals surface area contributed by atoms with Crippen molar-refractivity contribution in [2.75, 3.05) is 11.1 Å². The minimum absolute atomic E-state index is 0.0626. The van der Waals surface area contributed by atoms with Crippen LogP contribution in [0.2, 0.25) is 0 Å². The molecule has 0 aliphatic carbocycles. The number of rotatable bonds is 3. The SMILES string of the molecule is Cc1cnc(CNc2nc[nH]c(=O)c2N)cn1. The first-order valence-corrected chi connectivity index (χ1v) is 5.01. The third-order valence-electron chi connectivity index (χ3n) is 2.16. The molecular formula is C10H12N6O. The summed E-state index contributed by atoms with van der Waals surface area (Å²) in [6.45, 7) is 2.27. The van der Waals surface area contributed by atoms with E-state index in [1.54, 1.807) is 12.4 Å². The molecule has 4 N–H and O–H groups in total. The first-order chi connectivity index (χ1) is 8.16. The van der Waals surface area contributed by atoms with Gasteiger partial charge in [0.15, 0.2) is 5.82 Å². The summed E-state index contributed by atoms with van der Waals surface area (Å²) in [6.07, 6.45) is 4.62. The predicted octanol–water partition coefficient (Wildman–Crippen LogP) is 0.0626. The van der Waals surface area contributed by atoms with Crippen LogP contribution in [0.4, 0.5) is 11.5 Å². The Morgan fingerprint density at radius 1 is 1.35 bits per heavy atom. The standard InChI is InChI=1S/C10H12N6O/c1-6-2-13-7(3-12-6)4-14-9-8(11)10(17)16-5-15-9/h2-3,5H,4,11H2,1H3,(H2,14,15,16,17). The van der Waals surface area contributed by atoms with Crippen molar-refractivity contribution in [2.24, 2.45) is 0 Å². The Morgan fingerprint density at radius 2 is 2.18 bits per heavy atom. The molecule has 7 nitrogen and oxygen atoms in total. The summed E-state index contributed by atoms with van der Waals surface area (Å²) in [4.78, 5) is 25.8. The van der Waals surface area contributed by atoms with Crippen LogP contribution in [0.5, 0.6) is 0 Å². The van der Waals surface area contributed by atoms with Crippen molar-refractivity contribution in [3.63, 3.8) is 0 Å². The lowest BCUT2D eigenvalue weighted by molar-refractivity contribution is 0.971. The number of nitrogens with two attached hydrogens (primary N) is 1. The molecule has 0 fully saturated rings. The molecule has 0 radical (unpaired) electrons. The van der Waals surface area contributed by atoms with E-state index in [1.807, 2.05) is 6.92 Å². The van der Waals surface area contributed by atoms with E-state index in [2.05, 4.69) is 25.3 Å². The number of hydrogen-bond acceptors (Lipinski definition) is 6. The highest BCUT2D eigenvalue weighted by molar-refractivity contribution is 5.58. The molecule has 0 amide bonds. The molecule has 2 rings (SSSR count). The molecule has 0 aliphatic rings. The second-order valence-electron chi connectivity index (χ2n) is 3.50. The zero-order valence-corrected chi connectivity index (χ0v) is 9.27. The van der Waals surface area contributed by atoms with Crippen molar-refractivity contribution in [1.82, 2.24) is 19.9 Å². The van der Waals surface area contributed by atoms with Gasteiger partial charge in [0.25, 0.3) is 5.56 Å². The molecule has 7 heteroatoms. The summed E-state index contributed by atoms with van der Waals surface area (Å²) in [7, 11) is 0. The van der Waals surface area contributed by atoms with Crippen LogP contribution in [0, 0.1) is 6.92 Å². The first kappa shape index (κ1) is 11.1. The van der Waals surface area contributed by atoms with E-state index in [-0.39, 0.29) is 11.2 Å². The molecule has 0 saturated heterocycles. The fourth-order valence-electron chi connectivity index (χ4n) is 1.24. The Labute approximate surface area is 97.1 Å². The number of aryl methyl sites for hydroxylation is 1. The normalized spacial score (nSPS) is 10.2. The third kappa shape index (κ3) is 2.57. The molecule has 2 aromatic heterocycles. The second kappa shape index (κ2) is 4.60. The van der Waals surface area contributed by atoms with Crippen molar-refractivity contribution in [1.29, 1.82) is 0 Å². The number of aromatic nitrogens is 4. The third-order valence-corrected chi connectivity index (χ3v) is 2.16. The van der Waals surface area contributed by atoms with Crippen LogP contribution in [0.15, 0.2) is 23.5 Å². The minimum Gasteiger partial charge on any atom is -0.391 e. The fraction of sp³-hybridized carbons (Fsp3) is 0.200. The van der Waals surface area contributed by atoms with Crippen LogP contribution in [0.3, 0.4) is 0 Å². The van der Waals surface area contributed by atoms with Gasteiger partial charge < -0.3 is 16.0 Å². The Bertz CT molecular complexity index is 562. The molecule has 0 aliphatic heterocycles. The van der Waals surface area contributed by atoms with E-state index in [0.717, 1.165) is 11.4 Å². The van der Waals surface area contributed by atoms with E-state index in [4.69, 9.17) is 5.73 Å². The number of anilines is 2. The number of H-pyrrole nitrogens is 1. The molecule has 2 aromatic rings. The van der Waals surface area contributed by atoms with Crippen molar-refractivity contribution < 1.29 is 0 Å². The monoisotopic (exact) mass is 232 g/mol. The summed E-state index contributed by atoms with van der Waals surface area (Å²) in [5.41, 5.74) is 6.86. The van der Waals surface area contributed by atoms with Crippen molar-refractivity contribution in [2.45, 2.75) is 13.5 Å². The topological polar surface area (TPSA) is 110 Å². The maximum absolute atomic E-state index is 11.2. The van der Waals surface area contributed by atoms with Gasteiger partial charge in [-0.1, -0.05) is 0 Å². The number of nitrogens with zero attached hydrogens (tertiary/aromatic N) is 3.